The topological polar surface area (TPSA) is 12.0 Å². The van der Waals surface area contributed by atoms with Crippen molar-refractivity contribution < 1.29 is 0 Å². The van der Waals surface area contributed by atoms with Gasteiger partial charge in [-0.25, -0.2) is 0 Å². The molecule has 1 saturated carbocycles. The third kappa shape index (κ3) is 4.57. The molecule has 1 atom stereocenters. The molecule has 1 rings (SSSR count). The van der Waals surface area contributed by atoms with Gasteiger partial charge in [0.1, 0.15) is 0 Å². The summed E-state index contributed by atoms with van der Waals surface area (Å²) in [5, 5.41) is 4.37. The molecule has 0 aromatic heterocycles. The maximum Gasteiger partial charge on any atom is 0.0732 e. The van der Waals surface area contributed by atoms with Gasteiger partial charge in [0.15, 0.2) is 0 Å². The highest BCUT2D eigenvalue weighted by molar-refractivity contribution is 7.36. The van der Waals surface area contributed by atoms with Crippen molar-refractivity contribution in [2.24, 2.45) is 0 Å². The van der Waals surface area contributed by atoms with Crippen molar-refractivity contribution in [2.75, 3.05) is 6.54 Å². The lowest BCUT2D eigenvalue weighted by atomic mass is 10.2. The molecule has 0 aliphatic heterocycles. The normalized spacial score (nSPS) is 20.2. The second-order valence-electron chi connectivity index (χ2n) is 8.35. The highest BCUT2D eigenvalue weighted by atomic mass is 29.2. The Morgan fingerprint density at radius 3 is 2.15 bits per heavy atom. The van der Waals surface area contributed by atoms with Crippen molar-refractivity contribution in [1.82, 2.24) is 5.32 Å². The van der Waals surface area contributed by atoms with Gasteiger partial charge in [-0.3, -0.25) is 0 Å². The van der Waals surface area contributed by atoms with E-state index >= 15 is 0 Å². The minimum atomic E-state index is -1.30. The van der Waals surface area contributed by atoms with E-state index in [1.54, 1.807) is 5.57 Å². The first-order valence-electron chi connectivity index (χ1n) is 8.58. The Morgan fingerprint density at radius 2 is 1.75 bits per heavy atom. The maximum absolute atomic E-state index is 3.86. The fourth-order valence-corrected chi connectivity index (χ4v) is 19.0. The molecule has 1 aliphatic carbocycles. The molecule has 0 spiro atoms. The Hall–Kier alpha value is 0.134. The van der Waals surface area contributed by atoms with Gasteiger partial charge in [0.05, 0.1) is 7.59 Å². The number of rotatable bonds is 6. The van der Waals surface area contributed by atoms with Gasteiger partial charge in [0, 0.05) is 14.4 Å². The summed E-state index contributed by atoms with van der Waals surface area (Å²) in [5.41, 5.74) is 4.30. The first-order valence-corrected chi connectivity index (χ1v) is 15.0. The highest BCUT2D eigenvalue weighted by Gasteiger charge is 2.44. The molecule has 1 nitrogen and oxygen atoms in total. The van der Waals surface area contributed by atoms with Crippen LogP contribution in [0.1, 0.15) is 60.3 Å². The zero-order chi connectivity index (χ0) is 15.4. The average molecular weight is 312 g/mol. The zero-order valence-corrected chi connectivity index (χ0v) is 17.1. The molecule has 0 bridgehead atoms. The van der Waals surface area contributed by atoms with Crippen LogP contribution in [0, 0.1) is 0 Å². The summed E-state index contributed by atoms with van der Waals surface area (Å²) in [6.45, 7) is 18.5. The van der Waals surface area contributed by atoms with Crippen LogP contribution in [0.25, 0.3) is 0 Å². The average Bonchev–Trinajstić information content (AvgIpc) is 2.78. The highest BCUT2D eigenvalue weighted by Crippen LogP contribution is 2.42. The second kappa shape index (κ2) is 7.41. The van der Waals surface area contributed by atoms with Gasteiger partial charge in [-0.15, -0.1) is 0 Å². The van der Waals surface area contributed by atoms with Crippen LogP contribution in [-0.2, 0) is 0 Å². The molecule has 1 aliphatic rings. The van der Waals surface area contributed by atoms with Crippen molar-refractivity contribution in [3.8, 4) is 0 Å². The molecule has 0 saturated heterocycles. The molecule has 0 heterocycles. The van der Waals surface area contributed by atoms with E-state index in [0.29, 0.717) is 5.04 Å². The van der Waals surface area contributed by atoms with Crippen LogP contribution >= 0.6 is 0 Å². The second-order valence-corrected chi connectivity index (χ2v) is 21.6. The summed E-state index contributed by atoms with van der Waals surface area (Å²) in [5.74, 6) is 0. The van der Waals surface area contributed by atoms with Crippen LogP contribution in [0.15, 0.2) is 11.3 Å². The summed E-state index contributed by atoms with van der Waals surface area (Å²) >= 11 is 0. The van der Waals surface area contributed by atoms with Crippen molar-refractivity contribution >= 4 is 15.9 Å². The van der Waals surface area contributed by atoms with Crippen LogP contribution in [0.4, 0.5) is 0 Å². The molecule has 3 heteroatoms. The van der Waals surface area contributed by atoms with Gasteiger partial charge in [-0.1, -0.05) is 58.0 Å². The molecule has 0 aromatic rings. The monoisotopic (exact) mass is 311 g/mol. The van der Waals surface area contributed by atoms with E-state index in [4.69, 9.17) is 0 Å². The van der Waals surface area contributed by atoms with E-state index in [1.807, 2.05) is 0 Å². The quantitative estimate of drug-likeness (QED) is 0.692. The van der Waals surface area contributed by atoms with Gasteiger partial charge >= 0.3 is 0 Å². The van der Waals surface area contributed by atoms with Crippen LogP contribution in [0.2, 0.25) is 24.2 Å². The lowest BCUT2D eigenvalue weighted by Gasteiger charge is -2.45. The van der Waals surface area contributed by atoms with E-state index in [0.717, 1.165) is 6.04 Å². The van der Waals surface area contributed by atoms with Crippen molar-refractivity contribution in [2.45, 2.75) is 90.5 Å². The first kappa shape index (κ1) is 18.2. The Labute approximate surface area is 130 Å². The SMILES string of the molecule is CC(C)=C[Si](CCNC1CCCC1)([SiH](C)C)C(C)(C)C. The third-order valence-electron chi connectivity index (χ3n) is 5.30. The molecule has 20 heavy (non-hydrogen) atoms. The molecule has 118 valence electrons. The summed E-state index contributed by atoms with van der Waals surface area (Å²) in [6, 6.07) is 2.27. The summed E-state index contributed by atoms with van der Waals surface area (Å²) in [4.78, 5) is 0. The van der Waals surface area contributed by atoms with E-state index in [9.17, 15) is 0 Å². The van der Waals surface area contributed by atoms with Crippen molar-refractivity contribution in [3.63, 3.8) is 0 Å². The van der Waals surface area contributed by atoms with E-state index in [2.05, 4.69) is 58.7 Å². The minimum absolute atomic E-state index is 0.502. The Balaban J connectivity index is 2.78. The predicted molar refractivity (Wildman–Crippen MR) is 98.8 cm³/mol. The van der Waals surface area contributed by atoms with Gasteiger partial charge in [-0.2, -0.15) is 0 Å². The van der Waals surface area contributed by atoms with Crippen LogP contribution in [-0.4, -0.2) is 28.5 Å². The molecule has 1 N–H and O–H groups in total. The van der Waals surface area contributed by atoms with Crippen LogP contribution < -0.4 is 5.32 Å². The van der Waals surface area contributed by atoms with Crippen molar-refractivity contribution in [3.05, 3.63) is 11.3 Å². The van der Waals surface area contributed by atoms with Crippen molar-refractivity contribution in [1.29, 1.82) is 0 Å². The zero-order valence-electron chi connectivity index (χ0n) is 15.0. The molecule has 1 unspecified atom stereocenters. The van der Waals surface area contributed by atoms with E-state index in [1.165, 1.54) is 38.3 Å². The first-order chi connectivity index (χ1) is 9.19. The van der Waals surface area contributed by atoms with Crippen LogP contribution in [0.5, 0.6) is 0 Å². The third-order valence-corrected chi connectivity index (χ3v) is 22.5. The number of hydrogen-bond acceptors (Lipinski definition) is 1. The molecular formula is C17H37NSi2. The molecule has 0 amide bonds. The Morgan fingerprint density at radius 1 is 1.20 bits per heavy atom. The van der Waals surface area contributed by atoms with E-state index < -0.39 is 15.9 Å². The molecule has 0 radical (unpaired) electrons. The Bertz CT molecular complexity index is 320. The number of hydrogen-bond donors (Lipinski definition) is 1. The largest absolute Gasteiger partial charge is 0.314 e. The Kier molecular flexibility index (Phi) is 6.74. The molecule has 1 fully saturated rings. The van der Waals surface area contributed by atoms with E-state index in [-0.39, 0.29) is 0 Å². The molecular weight excluding hydrogens is 274 g/mol. The lowest BCUT2D eigenvalue weighted by molar-refractivity contribution is 0.538. The standard InChI is InChI=1S/C17H37NSi2/c1-15(2)14-20(19(6)7,17(3,4)5)13-12-18-16-10-8-9-11-16/h14,16,18-19H,8-13H2,1-7H3. The predicted octanol–water partition coefficient (Wildman–Crippen LogP) is 4.84. The lowest BCUT2D eigenvalue weighted by Crippen LogP contribution is -2.55. The fraction of sp³-hybridized carbons (Fsp3) is 0.882. The molecule has 0 aromatic carbocycles. The smallest absolute Gasteiger partial charge is 0.0732 e. The van der Waals surface area contributed by atoms with Gasteiger partial charge < -0.3 is 5.32 Å². The summed E-state index contributed by atoms with van der Waals surface area (Å²) < 4.78 is 0. The van der Waals surface area contributed by atoms with Crippen LogP contribution in [0.3, 0.4) is 0 Å². The number of allylic oxidation sites excluding steroid dienone is 1. The minimum Gasteiger partial charge on any atom is -0.314 e. The van der Waals surface area contributed by atoms with Gasteiger partial charge in [0.25, 0.3) is 0 Å². The van der Waals surface area contributed by atoms with Gasteiger partial charge in [0.2, 0.25) is 0 Å². The number of nitrogens with one attached hydrogen (secondary N) is 1. The maximum atomic E-state index is 3.86. The van der Waals surface area contributed by atoms with Gasteiger partial charge in [-0.05, 0) is 44.3 Å². The fourth-order valence-electron chi connectivity index (χ4n) is 4.11. The summed E-state index contributed by atoms with van der Waals surface area (Å²) in [6.07, 6.45) is 5.69. The summed E-state index contributed by atoms with van der Waals surface area (Å²) in [7, 11) is -1.94.